The maximum atomic E-state index is 12.9. The lowest BCUT2D eigenvalue weighted by Gasteiger charge is -2.26. The molecule has 0 saturated carbocycles. The van der Waals surface area contributed by atoms with Crippen molar-refractivity contribution >= 4 is 23.7 Å². The van der Waals surface area contributed by atoms with E-state index < -0.39 is 60.6 Å². The lowest BCUT2D eigenvalue weighted by Crippen LogP contribution is -2.60. The van der Waals surface area contributed by atoms with Crippen LogP contribution in [0.5, 0.6) is 5.75 Å². The molecule has 196 valence electrons. The second-order valence-electron chi connectivity index (χ2n) is 8.13. The number of aromatic amines is 1. The topological polar surface area (TPSA) is 240 Å². The number of benzene rings is 1. The number of aliphatic hydroxyl groups is 2. The van der Waals surface area contributed by atoms with Crippen molar-refractivity contribution in [1.29, 1.82) is 0 Å². The fourth-order valence-corrected chi connectivity index (χ4v) is 3.19. The van der Waals surface area contributed by atoms with Gasteiger partial charge in [-0.3, -0.25) is 14.4 Å². The van der Waals surface area contributed by atoms with Crippen LogP contribution in [0.4, 0.5) is 0 Å². The molecule has 0 aliphatic rings. The summed E-state index contributed by atoms with van der Waals surface area (Å²) in [5, 5.41) is 44.6. The third kappa shape index (κ3) is 8.33. The summed E-state index contributed by atoms with van der Waals surface area (Å²) in [4.78, 5) is 56.0. The normalized spacial score (nSPS) is 15.1. The van der Waals surface area contributed by atoms with E-state index in [2.05, 4.69) is 25.9 Å². The Morgan fingerprint density at radius 3 is 2.17 bits per heavy atom. The van der Waals surface area contributed by atoms with E-state index in [1.165, 1.54) is 31.6 Å². The number of phenols is 1. The first-order valence-corrected chi connectivity index (χ1v) is 10.9. The summed E-state index contributed by atoms with van der Waals surface area (Å²) < 4.78 is 0. The Kier molecular flexibility index (Phi) is 10.3. The molecule has 0 bridgehead atoms. The molecule has 0 fully saturated rings. The summed E-state index contributed by atoms with van der Waals surface area (Å²) in [6.45, 7) is 0.378. The minimum absolute atomic E-state index is 0.0463. The van der Waals surface area contributed by atoms with Crippen LogP contribution in [0.1, 0.15) is 18.2 Å². The molecule has 0 saturated heterocycles. The highest BCUT2D eigenvalue weighted by Gasteiger charge is 2.32. The molecule has 1 heterocycles. The van der Waals surface area contributed by atoms with Gasteiger partial charge in [-0.2, -0.15) is 0 Å². The summed E-state index contributed by atoms with van der Waals surface area (Å²) in [7, 11) is 0. The van der Waals surface area contributed by atoms with Gasteiger partial charge in [0.2, 0.25) is 17.7 Å². The Morgan fingerprint density at radius 1 is 1.00 bits per heavy atom. The number of hydrogen-bond donors (Lipinski definition) is 9. The number of nitrogens with zero attached hydrogens (tertiary/aromatic N) is 1. The predicted molar refractivity (Wildman–Crippen MR) is 124 cm³/mol. The second-order valence-corrected chi connectivity index (χ2v) is 8.13. The molecule has 2 aromatic rings. The molecule has 0 radical (unpaired) electrons. The van der Waals surface area contributed by atoms with Crippen molar-refractivity contribution in [2.24, 2.45) is 5.73 Å². The Morgan fingerprint density at radius 2 is 1.64 bits per heavy atom. The summed E-state index contributed by atoms with van der Waals surface area (Å²) in [5.41, 5.74) is 7.02. The van der Waals surface area contributed by atoms with Crippen LogP contribution in [-0.4, -0.2) is 91.0 Å². The van der Waals surface area contributed by atoms with E-state index in [0.29, 0.717) is 11.3 Å². The number of hydrogen-bond acceptors (Lipinski definition) is 9. The van der Waals surface area contributed by atoms with Gasteiger partial charge >= 0.3 is 5.97 Å². The van der Waals surface area contributed by atoms with Crippen LogP contribution in [0.15, 0.2) is 36.8 Å². The molecule has 0 spiro atoms. The molecule has 1 aromatic carbocycles. The summed E-state index contributed by atoms with van der Waals surface area (Å²) in [5.74, 6) is -4.02. The van der Waals surface area contributed by atoms with Crippen LogP contribution in [-0.2, 0) is 32.0 Å². The Bertz CT molecular complexity index is 1030. The lowest BCUT2D eigenvalue weighted by atomic mass is 10.0. The molecule has 5 unspecified atom stereocenters. The number of rotatable bonds is 13. The molecule has 3 amide bonds. The highest BCUT2D eigenvalue weighted by molar-refractivity contribution is 5.94. The number of imidazole rings is 1. The molecule has 0 aliphatic carbocycles. The summed E-state index contributed by atoms with van der Waals surface area (Å²) >= 11 is 0. The minimum atomic E-state index is -1.61. The van der Waals surface area contributed by atoms with Gasteiger partial charge in [0.1, 0.15) is 23.9 Å². The van der Waals surface area contributed by atoms with Gasteiger partial charge in [-0.05, 0) is 31.0 Å². The molecule has 14 heteroatoms. The highest BCUT2D eigenvalue weighted by Crippen LogP contribution is 2.11. The van der Waals surface area contributed by atoms with Crippen LogP contribution in [0.25, 0.3) is 0 Å². The molecular formula is C22H30N6O8. The number of carboxylic acids is 1. The van der Waals surface area contributed by atoms with Gasteiger partial charge < -0.3 is 47.1 Å². The second kappa shape index (κ2) is 13.2. The zero-order chi connectivity index (χ0) is 26.8. The number of carboxylic acid groups (broad SMARTS) is 1. The van der Waals surface area contributed by atoms with Crippen molar-refractivity contribution in [2.45, 2.75) is 50.0 Å². The molecule has 1 aromatic heterocycles. The summed E-state index contributed by atoms with van der Waals surface area (Å²) in [6, 6.07) is 0.500. The van der Waals surface area contributed by atoms with Crippen LogP contribution in [0.3, 0.4) is 0 Å². The van der Waals surface area contributed by atoms with E-state index in [4.69, 9.17) is 10.8 Å². The van der Waals surface area contributed by atoms with E-state index in [-0.39, 0.29) is 18.6 Å². The van der Waals surface area contributed by atoms with E-state index in [1.54, 1.807) is 12.1 Å². The summed E-state index contributed by atoms with van der Waals surface area (Å²) in [6.07, 6.45) is 1.31. The van der Waals surface area contributed by atoms with Crippen molar-refractivity contribution in [3.63, 3.8) is 0 Å². The van der Waals surface area contributed by atoms with Crippen LogP contribution >= 0.6 is 0 Å². The number of nitrogens with two attached hydrogens (primary N) is 1. The zero-order valence-electron chi connectivity index (χ0n) is 19.4. The standard InChI is InChI=1S/C22H30N6O8/c1-11(30)18(28-19(32)15(23)6-12-2-4-14(31)5-3-12)21(34)26-16(7-13-8-24-10-25-13)20(33)27-17(9-29)22(35)36/h2-5,8,10-11,15-18,29-31H,6-7,9,23H2,1H3,(H,24,25)(H,26,34)(H,27,33)(H,28,32)(H,35,36). The number of aromatic hydroxyl groups is 1. The monoisotopic (exact) mass is 506 g/mol. The third-order valence-corrected chi connectivity index (χ3v) is 5.20. The van der Waals surface area contributed by atoms with Crippen molar-refractivity contribution in [3.05, 3.63) is 48.0 Å². The lowest BCUT2D eigenvalue weighted by molar-refractivity contribution is -0.143. The van der Waals surface area contributed by atoms with Crippen LogP contribution < -0.4 is 21.7 Å². The number of carbonyl (C=O) groups excluding carboxylic acids is 3. The molecule has 36 heavy (non-hydrogen) atoms. The molecule has 5 atom stereocenters. The maximum absolute atomic E-state index is 12.9. The fourth-order valence-electron chi connectivity index (χ4n) is 3.19. The van der Waals surface area contributed by atoms with E-state index >= 15 is 0 Å². The van der Waals surface area contributed by atoms with E-state index in [1.807, 2.05) is 0 Å². The third-order valence-electron chi connectivity index (χ3n) is 5.20. The predicted octanol–water partition coefficient (Wildman–Crippen LogP) is -2.86. The van der Waals surface area contributed by atoms with Gasteiger partial charge in [0, 0.05) is 18.3 Å². The number of aromatic nitrogens is 2. The number of H-pyrrole nitrogens is 1. The fraction of sp³-hybridized carbons (Fsp3) is 0.409. The van der Waals surface area contributed by atoms with Crippen molar-refractivity contribution in [2.75, 3.05) is 6.61 Å². The first kappa shape index (κ1) is 28.2. The van der Waals surface area contributed by atoms with E-state index in [9.17, 15) is 34.5 Å². The van der Waals surface area contributed by atoms with Crippen molar-refractivity contribution < 1.29 is 39.6 Å². The number of carbonyl (C=O) groups is 4. The molecular weight excluding hydrogens is 476 g/mol. The number of aliphatic carboxylic acids is 1. The SMILES string of the molecule is CC(O)C(NC(=O)C(N)Cc1ccc(O)cc1)C(=O)NC(Cc1cnc[nH]1)C(=O)NC(CO)C(=O)O. The molecule has 14 nitrogen and oxygen atoms in total. The number of aliphatic hydroxyl groups excluding tert-OH is 2. The first-order valence-electron chi connectivity index (χ1n) is 10.9. The molecule has 10 N–H and O–H groups in total. The molecule has 2 rings (SSSR count). The number of amides is 3. The number of phenolic OH excluding ortho intramolecular Hbond substituents is 1. The Labute approximate surface area is 205 Å². The Hall–Kier alpha value is -4.01. The smallest absolute Gasteiger partial charge is 0.328 e. The minimum Gasteiger partial charge on any atom is -0.508 e. The zero-order valence-corrected chi connectivity index (χ0v) is 19.4. The average Bonchev–Trinajstić information content (AvgIpc) is 3.34. The average molecular weight is 507 g/mol. The van der Waals surface area contributed by atoms with Crippen molar-refractivity contribution in [3.8, 4) is 5.75 Å². The van der Waals surface area contributed by atoms with Gasteiger partial charge in [0.25, 0.3) is 0 Å². The largest absolute Gasteiger partial charge is 0.508 e. The van der Waals surface area contributed by atoms with Crippen LogP contribution in [0, 0.1) is 0 Å². The quantitative estimate of drug-likeness (QED) is 0.135. The van der Waals surface area contributed by atoms with Gasteiger partial charge in [0.05, 0.1) is 25.1 Å². The first-order chi connectivity index (χ1) is 17.0. The van der Waals surface area contributed by atoms with Crippen LogP contribution in [0.2, 0.25) is 0 Å². The Balaban J connectivity index is 2.11. The highest BCUT2D eigenvalue weighted by atomic mass is 16.4. The van der Waals surface area contributed by atoms with E-state index in [0.717, 1.165) is 0 Å². The number of nitrogens with one attached hydrogen (secondary N) is 4. The van der Waals surface area contributed by atoms with Gasteiger partial charge in [0.15, 0.2) is 0 Å². The van der Waals surface area contributed by atoms with Gasteiger partial charge in [-0.1, -0.05) is 12.1 Å². The van der Waals surface area contributed by atoms with Gasteiger partial charge in [-0.25, -0.2) is 9.78 Å². The van der Waals surface area contributed by atoms with Crippen molar-refractivity contribution in [1.82, 2.24) is 25.9 Å². The molecule has 0 aliphatic heterocycles. The maximum Gasteiger partial charge on any atom is 0.328 e. The van der Waals surface area contributed by atoms with Gasteiger partial charge in [-0.15, -0.1) is 0 Å².